The molecule has 208 valence electrons. The van der Waals surface area contributed by atoms with Gasteiger partial charge in [-0.3, -0.25) is 4.68 Å². The van der Waals surface area contributed by atoms with Crippen LogP contribution in [0.1, 0.15) is 67.2 Å². The second-order valence-electron chi connectivity index (χ2n) is 10.7. The number of ether oxygens (including phenoxy) is 1. The maximum atomic E-state index is 13.3. The van der Waals surface area contributed by atoms with Crippen LogP contribution in [0, 0.1) is 0 Å². The lowest BCUT2D eigenvalue weighted by Gasteiger charge is -2.36. The molecule has 4 aromatic rings. The molecule has 12 heteroatoms. The van der Waals surface area contributed by atoms with Gasteiger partial charge in [-0.05, 0) is 44.7 Å². The summed E-state index contributed by atoms with van der Waals surface area (Å²) in [5.41, 5.74) is 4.75. The molecule has 3 aliphatic rings. The molecule has 2 fully saturated rings. The van der Waals surface area contributed by atoms with Gasteiger partial charge in [-0.1, -0.05) is 0 Å². The molecule has 2 unspecified atom stereocenters. The summed E-state index contributed by atoms with van der Waals surface area (Å²) in [4.78, 5) is 20.0. The molecule has 0 amide bonds. The second kappa shape index (κ2) is 9.03. The number of nitrogens with zero attached hydrogens (tertiary/aromatic N) is 8. The number of fused-ring (bicyclic) bond motifs is 4. The Hall–Kier alpha value is -3.96. The molecule has 4 aromatic heterocycles. The van der Waals surface area contributed by atoms with Gasteiger partial charge in [0.15, 0.2) is 5.69 Å². The Morgan fingerprint density at radius 2 is 1.90 bits per heavy atom. The third kappa shape index (κ3) is 3.87. The Morgan fingerprint density at radius 3 is 2.58 bits per heavy atom. The fraction of sp³-hybridized carbons (Fsp3) is 0.464. The third-order valence-corrected chi connectivity index (χ3v) is 8.39. The number of methoxy groups -OCH3 is 1. The van der Waals surface area contributed by atoms with Crippen LogP contribution in [-0.4, -0.2) is 47.4 Å². The summed E-state index contributed by atoms with van der Waals surface area (Å²) in [7, 11) is 3.62. The lowest BCUT2D eigenvalue weighted by molar-refractivity contribution is -0.140. The van der Waals surface area contributed by atoms with E-state index in [1.54, 1.807) is 26.6 Å². The van der Waals surface area contributed by atoms with E-state index >= 15 is 0 Å². The molecule has 6 heterocycles. The van der Waals surface area contributed by atoms with Crippen molar-refractivity contribution in [2.75, 3.05) is 12.0 Å². The predicted octanol–water partition coefficient (Wildman–Crippen LogP) is 5.33. The van der Waals surface area contributed by atoms with Gasteiger partial charge in [0.25, 0.3) is 0 Å². The first kappa shape index (κ1) is 25.0. The van der Waals surface area contributed by atoms with Crippen LogP contribution < -0.4 is 9.64 Å². The van der Waals surface area contributed by atoms with E-state index in [1.807, 2.05) is 23.9 Å². The van der Waals surface area contributed by atoms with Gasteiger partial charge in [-0.15, -0.1) is 0 Å². The van der Waals surface area contributed by atoms with Crippen LogP contribution in [0.4, 0.5) is 19.0 Å². The molecule has 2 aliphatic heterocycles. The number of pyridine rings is 1. The Bertz CT molecular complexity index is 1590. The van der Waals surface area contributed by atoms with E-state index in [0.717, 1.165) is 66.6 Å². The maximum absolute atomic E-state index is 13.3. The fourth-order valence-electron chi connectivity index (χ4n) is 6.41. The Balaban J connectivity index is 1.27. The summed E-state index contributed by atoms with van der Waals surface area (Å²) >= 11 is 0. The number of hydrogen-bond acceptors (Lipinski definition) is 7. The summed E-state index contributed by atoms with van der Waals surface area (Å²) in [5, 5.41) is 4.99. The van der Waals surface area contributed by atoms with Crippen LogP contribution >= 0.6 is 0 Å². The minimum Gasteiger partial charge on any atom is -0.480 e. The molecule has 2 bridgehead atoms. The highest BCUT2D eigenvalue weighted by molar-refractivity contribution is 5.74. The van der Waals surface area contributed by atoms with E-state index < -0.39 is 11.9 Å². The van der Waals surface area contributed by atoms with Crippen LogP contribution in [0.15, 0.2) is 30.9 Å². The van der Waals surface area contributed by atoms with E-state index in [9.17, 15) is 13.2 Å². The molecule has 40 heavy (non-hydrogen) atoms. The van der Waals surface area contributed by atoms with Gasteiger partial charge in [-0.25, -0.2) is 19.9 Å². The highest BCUT2D eigenvalue weighted by Gasteiger charge is 2.45. The topological polar surface area (TPSA) is 86.8 Å². The summed E-state index contributed by atoms with van der Waals surface area (Å²) in [6.45, 7) is 2.17. The standard InChI is InChI=1S/C28H29F3N8O/c1-4-38-13-20(28(29,30)31)35-26(38)16-7-10-21(32-12-16)39-17-8-9-18(39)22-19(11-17)37(2)36-25(22)23-24(15-5-6-15)33-14-34-27(23)40-3/h7,10,12-15,17-18H,4-6,8-9,11H2,1-3H3. The summed E-state index contributed by atoms with van der Waals surface area (Å²) in [5.74, 6) is 1.98. The zero-order chi connectivity index (χ0) is 27.8. The zero-order valence-electron chi connectivity index (χ0n) is 22.5. The Morgan fingerprint density at radius 1 is 1.07 bits per heavy atom. The van der Waals surface area contributed by atoms with Crippen molar-refractivity contribution >= 4 is 5.82 Å². The molecule has 0 spiro atoms. The number of halogens is 3. The van der Waals surface area contributed by atoms with Gasteiger partial charge in [0.05, 0.1) is 24.4 Å². The molecular formula is C28H29F3N8O. The van der Waals surface area contributed by atoms with Crippen LogP contribution in [0.5, 0.6) is 5.88 Å². The SMILES string of the molecule is CCn1cc(C(F)(F)F)nc1-c1ccc(N2C3CCC2c2c(-c4c(OC)ncnc4C4CC4)nn(C)c2C3)nc1. The van der Waals surface area contributed by atoms with Crippen molar-refractivity contribution in [1.82, 2.24) is 34.3 Å². The fourth-order valence-corrected chi connectivity index (χ4v) is 6.41. The molecule has 1 saturated carbocycles. The maximum Gasteiger partial charge on any atom is 0.434 e. The molecule has 0 radical (unpaired) electrons. The summed E-state index contributed by atoms with van der Waals surface area (Å²) < 4.78 is 49.1. The number of aryl methyl sites for hydroxylation is 2. The minimum atomic E-state index is -4.50. The van der Waals surface area contributed by atoms with E-state index in [1.165, 1.54) is 10.3 Å². The summed E-state index contributed by atoms with van der Waals surface area (Å²) in [6, 6.07) is 4.02. The number of rotatable bonds is 6. The number of alkyl halides is 3. The van der Waals surface area contributed by atoms with Crippen molar-refractivity contribution in [1.29, 1.82) is 0 Å². The predicted molar refractivity (Wildman–Crippen MR) is 141 cm³/mol. The van der Waals surface area contributed by atoms with Gasteiger partial charge in [0, 0.05) is 61.2 Å². The van der Waals surface area contributed by atoms with E-state index in [-0.39, 0.29) is 17.9 Å². The van der Waals surface area contributed by atoms with Crippen molar-refractivity contribution in [3.8, 4) is 28.5 Å². The first-order valence-electron chi connectivity index (χ1n) is 13.6. The van der Waals surface area contributed by atoms with Crippen LogP contribution in [-0.2, 0) is 26.2 Å². The van der Waals surface area contributed by atoms with Crippen molar-refractivity contribution in [2.24, 2.45) is 7.05 Å². The third-order valence-electron chi connectivity index (χ3n) is 8.39. The molecule has 1 aliphatic carbocycles. The van der Waals surface area contributed by atoms with Gasteiger partial charge >= 0.3 is 6.18 Å². The van der Waals surface area contributed by atoms with Crippen molar-refractivity contribution in [3.63, 3.8) is 0 Å². The average molecular weight is 551 g/mol. The van der Waals surface area contributed by atoms with Gasteiger partial charge in [0.2, 0.25) is 5.88 Å². The first-order valence-corrected chi connectivity index (χ1v) is 13.6. The molecule has 0 N–H and O–H groups in total. The average Bonchev–Trinajstić information content (AvgIpc) is 3.51. The zero-order valence-corrected chi connectivity index (χ0v) is 22.5. The first-order chi connectivity index (χ1) is 19.3. The minimum absolute atomic E-state index is 0.0576. The lowest BCUT2D eigenvalue weighted by atomic mass is 9.93. The van der Waals surface area contributed by atoms with E-state index in [4.69, 9.17) is 14.8 Å². The monoisotopic (exact) mass is 550 g/mol. The highest BCUT2D eigenvalue weighted by atomic mass is 19.4. The normalized spacial score (nSPS) is 20.2. The van der Waals surface area contributed by atoms with Gasteiger partial charge in [-0.2, -0.15) is 18.3 Å². The Labute approximate surface area is 229 Å². The van der Waals surface area contributed by atoms with Crippen LogP contribution in [0.25, 0.3) is 22.6 Å². The number of hydrogen-bond donors (Lipinski definition) is 0. The van der Waals surface area contributed by atoms with E-state index in [0.29, 0.717) is 23.9 Å². The number of aromatic nitrogens is 7. The smallest absolute Gasteiger partial charge is 0.434 e. The van der Waals surface area contributed by atoms with Crippen LogP contribution in [0.3, 0.4) is 0 Å². The molecule has 9 nitrogen and oxygen atoms in total. The quantitative estimate of drug-likeness (QED) is 0.321. The van der Waals surface area contributed by atoms with E-state index in [2.05, 4.69) is 19.9 Å². The van der Waals surface area contributed by atoms with Gasteiger partial charge in [0.1, 0.15) is 23.7 Å². The molecule has 1 saturated heterocycles. The molecule has 0 aromatic carbocycles. The molecule has 7 rings (SSSR count). The second-order valence-corrected chi connectivity index (χ2v) is 10.7. The van der Waals surface area contributed by atoms with Crippen molar-refractivity contribution < 1.29 is 17.9 Å². The molecular weight excluding hydrogens is 521 g/mol. The van der Waals surface area contributed by atoms with Crippen molar-refractivity contribution in [2.45, 2.75) is 69.8 Å². The molecule has 2 atom stereocenters. The van der Waals surface area contributed by atoms with Crippen LogP contribution in [0.2, 0.25) is 0 Å². The number of imidazole rings is 1. The Kier molecular flexibility index (Phi) is 5.65. The number of anilines is 1. The van der Waals surface area contributed by atoms with Crippen molar-refractivity contribution in [3.05, 3.63) is 53.5 Å². The highest BCUT2D eigenvalue weighted by Crippen LogP contribution is 2.52. The van der Waals surface area contributed by atoms with Gasteiger partial charge < -0.3 is 14.2 Å². The largest absolute Gasteiger partial charge is 0.480 e. The summed E-state index contributed by atoms with van der Waals surface area (Å²) in [6.07, 6.45) is 4.71. The lowest BCUT2D eigenvalue weighted by Crippen LogP contribution is -2.38.